The van der Waals surface area contributed by atoms with E-state index in [1.54, 1.807) is 18.2 Å². The van der Waals surface area contributed by atoms with Gasteiger partial charge in [-0.25, -0.2) is 9.78 Å². The normalized spacial score (nSPS) is 12.0. The first-order valence-electron chi connectivity index (χ1n) is 12.7. The van der Waals surface area contributed by atoms with Crippen LogP contribution in [0.15, 0.2) is 71.9 Å². The summed E-state index contributed by atoms with van der Waals surface area (Å²) in [4.78, 5) is 29.8. The Labute approximate surface area is 239 Å². The molecule has 1 amide bonds. The molecule has 1 N–H and O–H groups in total. The third-order valence-electron chi connectivity index (χ3n) is 5.93. The highest BCUT2D eigenvalue weighted by Crippen LogP contribution is 2.33. The molecule has 0 radical (unpaired) electrons. The molecule has 1 atom stereocenters. The fraction of sp³-hybridized carbons (Fsp3) is 0.345. The number of carbonyl (C=O) groups is 2. The lowest BCUT2D eigenvalue weighted by Crippen LogP contribution is -2.23. The fourth-order valence-electron chi connectivity index (χ4n) is 3.76. The monoisotopic (exact) mass is 613 g/mol. The number of amides is 1. The van der Waals surface area contributed by atoms with Gasteiger partial charge in [-0.15, -0.1) is 6.58 Å². The van der Waals surface area contributed by atoms with E-state index in [9.17, 15) is 9.59 Å². The van der Waals surface area contributed by atoms with Gasteiger partial charge in [0.05, 0.1) is 12.8 Å². The van der Waals surface area contributed by atoms with Crippen molar-refractivity contribution in [2.24, 2.45) is 0 Å². The lowest BCUT2D eigenvalue weighted by molar-refractivity contribution is -0.147. The van der Waals surface area contributed by atoms with Gasteiger partial charge in [0, 0.05) is 36.6 Å². The number of aromatic nitrogens is 2. The molecule has 0 aliphatic heterocycles. The molecule has 39 heavy (non-hydrogen) atoms. The Balaban J connectivity index is 1.90. The van der Waals surface area contributed by atoms with Crippen molar-refractivity contribution in [2.75, 3.05) is 19.0 Å². The summed E-state index contributed by atoms with van der Waals surface area (Å²) in [6.07, 6.45) is 3.38. The summed E-state index contributed by atoms with van der Waals surface area (Å²) in [7, 11) is 0.0471. The van der Waals surface area contributed by atoms with Crippen molar-refractivity contribution in [1.29, 1.82) is 0 Å². The molecule has 3 rings (SSSR count). The number of halogens is 1. The van der Waals surface area contributed by atoms with Crippen molar-refractivity contribution < 1.29 is 23.8 Å². The summed E-state index contributed by atoms with van der Waals surface area (Å²) in [5.74, 6) is -0.491. The number of allylic oxidation sites excluding steroid dienone is 1. The van der Waals surface area contributed by atoms with Crippen LogP contribution < -0.4 is 5.32 Å². The average Bonchev–Trinajstić information content (AvgIpc) is 3.31. The van der Waals surface area contributed by atoms with Crippen molar-refractivity contribution in [3.63, 3.8) is 0 Å². The van der Waals surface area contributed by atoms with E-state index in [4.69, 9.17) is 14.5 Å². The molecule has 0 aliphatic carbocycles. The zero-order chi connectivity index (χ0) is 28.4. The van der Waals surface area contributed by atoms with Crippen molar-refractivity contribution in [2.45, 2.75) is 51.4 Å². The van der Waals surface area contributed by atoms with Crippen LogP contribution in [0.4, 0.5) is 10.5 Å². The number of anilines is 1. The first kappa shape index (κ1) is 30.3. The number of carbonyl (C=O) groups excluding carboxylic acids is 2. The number of ether oxygens (including phenoxy) is 3. The number of benzene rings is 2. The van der Waals surface area contributed by atoms with Crippen molar-refractivity contribution in [3.8, 4) is 11.3 Å². The van der Waals surface area contributed by atoms with Gasteiger partial charge in [-0.3, -0.25) is 10.1 Å². The van der Waals surface area contributed by atoms with Gasteiger partial charge >= 0.3 is 12.1 Å². The second-order valence-electron chi connectivity index (χ2n) is 10.3. The van der Waals surface area contributed by atoms with Gasteiger partial charge in [-0.05, 0) is 36.2 Å². The molecule has 1 unspecified atom stereocenters. The lowest BCUT2D eigenvalue weighted by Gasteiger charge is -2.18. The molecule has 2 aromatic carbocycles. The number of rotatable bonds is 13. The van der Waals surface area contributed by atoms with E-state index >= 15 is 0 Å². The third kappa shape index (κ3) is 9.19. The molecule has 3 aromatic rings. The van der Waals surface area contributed by atoms with Crippen LogP contribution in [0, 0.1) is 0 Å². The molecular formula is C29H36BrN3O5Si. The molecule has 1 heterocycles. The van der Waals surface area contributed by atoms with Crippen molar-refractivity contribution in [1.82, 2.24) is 9.55 Å². The molecule has 208 valence electrons. The predicted molar refractivity (Wildman–Crippen MR) is 159 cm³/mol. The van der Waals surface area contributed by atoms with E-state index in [-0.39, 0.29) is 19.3 Å². The van der Waals surface area contributed by atoms with E-state index in [0.29, 0.717) is 30.2 Å². The first-order chi connectivity index (χ1) is 18.6. The SMILES string of the molecule is C=CCC(C(=O)OCc1ccccc1)c1nc(-c2ccc(NC(=O)OC)cc2Br)cn1COCC[Si](C)(C)C. The van der Waals surface area contributed by atoms with Crippen LogP contribution in [0.1, 0.15) is 23.7 Å². The topological polar surface area (TPSA) is 91.7 Å². The second-order valence-corrected chi connectivity index (χ2v) is 16.8. The van der Waals surface area contributed by atoms with Gasteiger partial charge in [-0.2, -0.15) is 0 Å². The summed E-state index contributed by atoms with van der Waals surface area (Å²) in [5.41, 5.74) is 2.93. The summed E-state index contributed by atoms with van der Waals surface area (Å²) in [6, 6.07) is 16.0. The van der Waals surface area contributed by atoms with E-state index < -0.39 is 20.1 Å². The van der Waals surface area contributed by atoms with E-state index in [0.717, 1.165) is 21.6 Å². The minimum atomic E-state index is -1.26. The largest absolute Gasteiger partial charge is 0.460 e. The van der Waals surface area contributed by atoms with Crippen molar-refractivity contribution >= 4 is 41.8 Å². The molecule has 10 heteroatoms. The van der Waals surface area contributed by atoms with Crippen LogP contribution in [0.2, 0.25) is 25.7 Å². The van der Waals surface area contributed by atoms with Crippen LogP contribution in [-0.4, -0.2) is 43.4 Å². The molecule has 0 fully saturated rings. The Bertz CT molecular complexity index is 1270. The lowest BCUT2D eigenvalue weighted by atomic mass is 10.0. The van der Waals surface area contributed by atoms with E-state index in [1.807, 2.05) is 47.2 Å². The average molecular weight is 615 g/mol. The Hall–Kier alpha value is -3.21. The molecule has 0 aliphatic rings. The number of hydrogen-bond donors (Lipinski definition) is 1. The highest BCUT2D eigenvalue weighted by Gasteiger charge is 2.28. The van der Waals surface area contributed by atoms with E-state index in [1.165, 1.54) is 7.11 Å². The Morgan fingerprint density at radius 2 is 1.92 bits per heavy atom. The Morgan fingerprint density at radius 3 is 2.56 bits per heavy atom. The number of imidazole rings is 1. The first-order valence-corrected chi connectivity index (χ1v) is 17.2. The molecule has 8 nitrogen and oxygen atoms in total. The van der Waals surface area contributed by atoms with Gasteiger partial charge in [-0.1, -0.05) is 72.0 Å². The molecule has 0 saturated heterocycles. The van der Waals surface area contributed by atoms with E-state index in [2.05, 4.69) is 52.2 Å². The quantitative estimate of drug-likeness (QED) is 0.0948. The summed E-state index contributed by atoms with van der Waals surface area (Å²) in [6.45, 7) is 11.8. The number of methoxy groups -OCH3 is 1. The highest BCUT2D eigenvalue weighted by atomic mass is 79.9. The second kappa shape index (κ2) is 14.3. The number of esters is 1. The molecule has 0 saturated carbocycles. The standard InChI is InChI=1S/C29H36BrN3O5Si/c1-6-10-24(28(34)38-19-21-11-8-7-9-12-21)27-32-26(18-33(27)20-37-15-16-39(3,4)5)23-14-13-22(17-25(23)30)31-29(35)36-2/h6-9,11-14,17-18,24H,1,10,15-16,19-20H2,2-5H3,(H,31,35). The smallest absolute Gasteiger partial charge is 0.411 e. The summed E-state index contributed by atoms with van der Waals surface area (Å²) >= 11 is 3.59. The summed E-state index contributed by atoms with van der Waals surface area (Å²) < 4.78 is 19.0. The zero-order valence-electron chi connectivity index (χ0n) is 22.9. The van der Waals surface area contributed by atoms with Crippen LogP contribution >= 0.6 is 15.9 Å². The fourth-order valence-corrected chi connectivity index (χ4v) is 5.09. The summed E-state index contributed by atoms with van der Waals surface area (Å²) in [5, 5.41) is 2.65. The minimum absolute atomic E-state index is 0.174. The van der Waals surface area contributed by atoms with Gasteiger partial charge in [0.15, 0.2) is 0 Å². The Kier molecular flexibility index (Phi) is 11.1. The third-order valence-corrected chi connectivity index (χ3v) is 8.29. The highest BCUT2D eigenvalue weighted by molar-refractivity contribution is 9.10. The molecule has 0 bridgehead atoms. The minimum Gasteiger partial charge on any atom is -0.460 e. The number of hydrogen-bond acceptors (Lipinski definition) is 6. The molecular weight excluding hydrogens is 578 g/mol. The predicted octanol–water partition coefficient (Wildman–Crippen LogP) is 7.21. The number of nitrogens with one attached hydrogen (secondary N) is 1. The molecule has 1 aromatic heterocycles. The maximum atomic E-state index is 13.3. The van der Waals surface area contributed by atoms with Crippen LogP contribution in [0.3, 0.4) is 0 Å². The number of nitrogens with zero attached hydrogens (tertiary/aromatic N) is 2. The maximum Gasteiger partial charge on any atom is 0.411 e. The Morgan fingerprint density at radius 1 is 1.18 bits per heavy atom. The van der Waals surface area contributed by atoms with Crippen LogP contribution in [0.5, 0.6) is 0 Å². The van der Waals surface area contributed by atoms with Gasteiger partial charge in [0.1, 0.15) is 25.1 Å². The van der Waals surface area contributed by atoms with Crippen molar-refractivity contribution in [3.05, 3.63) is 83.2 Å². The van der Waals surface area contributed by atoms with Gasteiger partial charge < -0.3 is 18.8 Å². The van der Waals surface area contributed by atoms with Crippen LogP contribution in [0.25, 0.3) is 11.3 Å². The molecule has 0 spiro atoms. The van der Waals surface area contributed by atoms with Gasteiger partial charge in [0.25, 0.3) is 0 Å². The van der Waals surface area contributed by atoms with Crippen LogP contribution in [-0.2, 0) is 32.3 Å². The zero-order valence-corrected chi connectivity index (χ0v) is 25.5. The van der Waals surface area contributed by atoms with Gasteiger partial charge in [0.2, 0.25) is 0 Å². The maximum absolute atomic E-state index is 13.3.